The normalized spacial score (nSPS) is 22.0. The summed E-state index contributed by atoms with van der Waals surface area (Å²) in [6.07, 6.45) is 2.27. The average molecular weight is 632 g/mol. The molecule has 2 fully saturated rings. The first-order valence-corrected chi connectivity index (χ1v) is 16.2. The van der Waals surface area contributed by atoms with Crippen molar-refractivity contribution in [3.63, 3.8) is 0 Å². The molecular weight excluding hydrogens is 574 g/mol. The molecule has 10 heteroatoms. The van der Waals surface area contributed by atoms with Gasteiger partial charge < -0.3 is 20.3 Å². The van der Waals surface area contributed by atoms with Crippen molar-refractivity contribution in [2.24, 2.45) is 28.6 Å². The maximum absolute atomic E-state index is 14.1. The zero-order chi connectivity index (χ0) is 34.7. The van der Waals surface area contributed by atoms with Crippen LogP contribution >= 0.6 is 0 Å². The van der Waals surface area contributed by atoms with Crippen LogP contribution in [0.2, 0.25) is 0 Å². The Labute approximate surface area is 269 Å². The predicted octanol–water partition coefficient (Wildman–Crippen LogP) is 5.17. The SMILES string of the molecule is C=CCCC(CC(=O)[C@@H]1[C@@H]2[C@H](CN1C(=O)[C@@H](NC(=O)NC(C)(C)C)C(C)(C)C)C2(C)C)C(=O)C(=O)CCCC(=O)OC(C)(C)C. The molecule has 2 rings (SSSR count). The molecular formula is C35H57N3O7. The summed E-state index contributed by atoms with van der Waals surface area (Å²) < 4.78 is 5.28. The number of amides is 3. The molecule has 45 heavy (non-hydrogen) atoms. The van der Waals surface area contributed by atoms with E-state index in [2.05, 4.69) is 31.1 Å². The third-order valence-corrected chi connectivity index (χ3v) is 8.72. The summed E-state index contributed by atoms with van der Waals surface area (Å²) in [6.45, 7) is 24.7. The van der Waals surface area contributed by atoms with Gasteiger partial charge in [0.05, 0.1) is 6.04 Å². The van der Waals surface area contributed by atoms with Crippen molar-refractivity contribution in [2.75, 3.05) is 6.54 Å². The van der Waals surface area contributed by atoms with Crippen LogP contribution in [0.15, 0.2) is 12.7 Å². The van der Waals surface area contributed by atoms with Crippen molar-refractivity contribution in [2.45, 2.75) is 138 Å². The molecule has 1 saturated heterocycles. The van der Waals surface area contributed by atoms with E-state index in [1.54, 1.807) is 31.7 Å². The summed E-state index contributed by atoms with van der Waals surface area (Å²) in [5, 5.41) is 5.69. The van der Waals surface area contributed by atoms with Crippen LogP contribution in [0.3, 0.4) is 0 Å². The van der Waals surface area contributed by atoms with E-state index in [1.165, 1.54) is 0 Å². The molecule has 1 unspecified atom stereocenters. The highest BCUT2D eigenvalue weighted by Crippen LogP contribution is 2.65. The number of nitrogens with zero attached hydrogens (tertiary/aromatic N) is 1. The summed E-state index contributed by atoms with van der Waals surface area (Å²) in [6, 6.07) is -2.11. The van der Waals surface area contributed by atoms with E-state index in [4.69, 9.17) is 4.74 Å². The molecule has 2 aliphatic rings. The first kappa shape index (κ1) is 38.1. The number of carbonyl (C=O) groups excluding carboxylic acids is 6. The zero-order valence-corrected chi connectivity index (χ0v) is 29.4. The van der Waals surface area contributed by atoms with Crippen LogP contribution in [0.1, 0.15) is 115 Å². The van der Waals surface area contributed by atoms with Crippen LogP contribution in [0.25, 0.3) is 0 Å². The number of hydrogen-bond donors (Lipinski definition) is 2. The van der Waals surface area contributed by atoms with Gasteiger partial charge in [0.25, 0.3) is 0 Å². The number of Topliss-reactive ketones (excluding diaryl/α,β-unsaturated/α-hetero) is 3. The molecule has 0 aromatic rings. The van der Waals surface area contributed by atoms with Gasteiger partial charge in [0, 0.05) is 37.3 Å². The topological polar surface area (TPSA) is 139 Å². The Balaban J connectivity index is 2.23. The van der Waals surface area contributed by atoms with Crippen molar-refractivity contribution in [1.82, 2.24) is 15.5 Å². The van der Waals surface area contributed by atoms with E-state index in [0.29, 0.717) is 13.0 Å². The van der Waals surface area contributed by atoms with Crippen LogP contribution in [0.4, 0.5) is 4.79 Å². The lowest BCUT2D eigenvalue weighted by Crippen LogP contribution is -2.60. The highest BCUT2D eigenvalue weighted by molar-refractivity contribution is 6.38. The largest absolute Gasteiger partial charge is 0.460 e. The molecule has 1 aliphatic heterocycles. The first-order chi connectivity index (χ1) is 20.4. The summed E-state index contributed by atoms with van der Waals surface area (Å²) >= 11 is 0. The van der Waals surface area contributed by atoms with Gasteiger partial charge in [0.1, 0.15) is 11.6 Å². The number of urea groups is 1. The quantitative estimate of drug-likeness (QED) is 0.153. The molecule has 0 spiro atoms. The standard InChI is InChI=1S/C35H57N3O7/c1-13-14-16-21(28(42)23(39)17-15-18-25(41)45-34(8,9)10)19-24(40)27-26-22(35(26,11)12)20-38(27)30(43)29(32(2,3)4)36-31(44)37-33(5,6)7/h13,21-22,26-27,29H,1,14-20H2,2-12H3,(H2,36,37,44)/t21?,22-,26-,27+,29+/m0/s1. The molecule has 1 heterocycles. The maximum Gasteiger partial charge on any atom is 0.315 e. The van der Waals surface area contributed by atoms with Crippen molar-refractivity contribution >= 4 is 35.3 Å². The Morgan fingerprint density at radius 1 is 0.978 bits per heavy atom. The Morgan fingerprint density at radius 3 is 2.09 bits per heavy atom. The molecule has 0 aromatic heterocycles. The van der Waals surface area contributed by atoms with Gasteiger partial charge in [-0.05, 0) is 83.5 Å². The minimum atomic E-state index is -0.888. The van der Waals surface area contributed by atoms with Gasteiger partial charge in [-0.3, -0.25) is 24.0 Å². The third kappa shape index (κ3) is 10.5. The molecule has 254 valence electrons. The van der Waals surface area contributed by atoms with Crippen LogP contribution in [-0.4, -0.2) is 69.9 Å². The predicted molar refractivity (Wildman–Crippen MR) is 173 cm³/mol. The fourth-order valence-electron chi connectivity index (χ4n) is 6.35. The van der Waals surface area contributed by atoms with E-state index < -0.39 is 58.1 Å². The van der Waals surface area contributed by atoms with E-state index >= 15 is 0 Å². The first-order valence-electron chi connectivity index (χ1n) is 16.2. The van der Waals surface area contributed by atoms with Gasteiger partial charge in [-0.1, -0.05) is 40.7 Å². The smallest absolute Gasteiger partial charge is 0.315 e. The molecule has 3 amide bonds. The summed E-state index contributed by atoms with van der Waals surface area (Å²) in [5.74, 6) is -3.08. The Bertz CT molecular complexity index is 1170. The van der Waals surface area contributed by atoms with Gasteiger partial charge >= 0.3 is 12.0 Å². The van der Waals surface area contributed by atoms with E-state index in [1.807, 2.05) is 41.5 Å². The molecule has 5 atom stereocenters. The highest BCUT2D eigenvalue weighted by Gasteiger charge is 2.69. The summed E-state index contributed by atoms with van der Waals surface area (Å²) in [4.78, 5) is 80.9. The van der Waals surface area contributed by atoms with E-state index in [0.717, 1.165) is 0 Å². The number of esters is 1. The van der Waals surface area contributed by atoms with Gasteiger partial charge in [0.2, 0.25) is 11.7 Å². The van der Waals surface area contributed by atoms with Crippen molar-refractivity contribution in [1.29, 1.82) is 0 Å². The maximum atomic E-state index is 14.1. The van der Waals surface area contributed by atoms with Crippen LogP contribution in [0.5, 0.6) is 0 Å². The Kier molecular flexibility index (Phi) is 12.0. The fourth-order valence-corrected chi connectivity index (χ4v) is 6.35. The number of ether oxygens (including phenoxy) is 1. The molecule has 1 aliphatic carbocycles. The minimum Gasteiger partial charge on any atom is -0.460 e. The van der Waals surface area contributed by atoms with Gasteiger partial charge in [0.15, 0.2) is 11.6 Å². The number of carbonyl (C=O) groups is 6. The second-order valence-electron chi connectivity index (χ2n) is 16.5. The van der Waals surface area contributed by atoms with Gasteiger partial charge in [-0.15, -0.1) is 6.58 Å². The number of rotatable bonds is 14. The monoisotopic (exact) mass is 631 g/mol. The zero-order valence-electron chi connectivity index (χ0n) is 29.4. The Hall–Kier alpha value is -3.04. The highest BCUT2D eigenvalue weighted by atomic mass is 16.6. The van der Waals surface area contributed by atoms with Crippen LogP contribution in [-0.2, 0) is 28.7 Å². The number of allylic oxidation sites excluding steroid dienone is 1. The number of piperidine rings is 1. The molecule has 0 radical (unpaired) electrons. The number of likely N-dealkylation sites (tertiary alicyclic amines) is 1. The number of hydrogen-bond acceptors (Lipinski definition) is 7. The van der Waals surface area contributed by atoms with Crippen molar-refractivity contribution in [3.05, 3.63) is 12.7 Å². The van der Waals surface area contributed by atoms with Crippen LogP contribution < -0.4 is 10.6 Å². The van der Waals surface area contributed by atoms with E-state index in [9.17, 15) is 28.8 Å². The molecule has 2 N–H and O–H groups in total. The average Bonchev–Trinajstić information content (AvgIpc) is 3.19. The van der Waals surface area contributed by atoms with Crippen LogP contribution in [0, 0.1) is 28.6 Å². The number of fused-ring (bicyclic) bond motifs is 1. The second-order valence-corrected chi connectivity index (χ2v) is 16.5. The molecule has 1 saturated carbocycles. The number of ketones is 3. The van der Waals surface area contributed by atoms with Gasteiger partial charge in [-0.25, -0.2) is 4.79 Å². The molecule has 0 bridgehead atoms. The van der Waals surface area contributed by atoms with E-state index in [-0.39, 0.29) is 61.0 Å². The lowest BCUT2D eigenvalue weighted by molar-refractivity contribution is -0.155. The van der Waals surface area contributed by atoms with Crippen molar-refractivity contribution in [3.8, 4) is 0 Å². The molecule has 0 aromatic carbocycles. The summed E-state index contributed by atoms with van der Waals surface area (Å²) in [5.41, 5.74) is -1.94. The Morgan fingerprint density at radius 2 is 1.58 bits per heavy atom. The second kappa shape index (κ2) is 14.2. The lowest BCUT2D eigenvalue weighted by atomic mass is 9.83. The minimum absolute atomic E-state index is 0.0145. The van der Waals surface area contributed by atoms with Gasteiger partial charge in [-0.2, -0.15) is 0 Å². The third-order valence-electron chi connectivity index (χ3n) is 8.72. The lowest BCUT2D eigenvalue weighted by Gasteiger charge is -2.38. The fraction of sp³-hybridized carbons (Fsp3) is 0.771. The summed E-state index contributed by atoms with van der Waals surface area (Å²) in [7, 11) is 0. The van der Waals surface area contributed by atoms with Crippen molar-refractivity contribution < 1.29 is 33.5 Å². The molecule has 10 nitrogen and oxygen atoms in total. The number of nitrogens with one attached hydrogen (secondary N) is 2.